The van der Waals surface area contributed by atoms with Gasteiger partial charge in [-0.3, -0.25) is 0 Å². The van der Waals surface area contributed by atoms with Crippen LogP contribution in [0.1, 0.15) is 18.3 Å². The average Bonchev–Trinajstić information content (AvgIpc) is 2.68. The number of hydrogen-bond donors (Lipinski definition) is 1. The van der Waals surface area contributed by atoms with Crippen LogP contribution in [0.4, 0.5) is 0 Å². The van der Waals surface area contributed by atoms with Crippen molar-refractivity contribution >= 4 is 15.4 Å². The van der Waals surface area contributed by atoms with Crippen LogP contribution in [0.25, 0.3) is 5.52 Å². The Morgan fingerprint density at radius 2 is 2.24 bits per heavy atom. The maximum Gasteiger partial charge on any atom is 0.147 e. The molecule has 1 atom stereocenters. The summed E-state index contributed by atoms with van der Waals surface area (Å²) in [6.07, 6.45) is 5.20. The summed E-state index contributed by atoms with van der Waals surface area (Å²) in [5.41, 5.74) is 6.92. The quantitative estimate of drug-likeness (QED) is 0.873. The molecule has 0 radical (unpaired) electrons. The maximum atomic E-state index is 11.1. The molecule has 2 aromatic rings. The van der Waals surface area contributed by atoms with Crippen LogP contribution in [-0.4, -0.2) is 29.8 Å². The maximum absolute atomic E-state index is 11.1. The number of aromatic nitrogens is 2. The Morgan fingerprint density at radius 1 is 1.47 bits per heavy atom. The fourth-order valence-corrected chi connectivity index (χ4v) is 2.39. The van der Waals surface area contributed by atoms with Gasteiger partial charge in [-0.2, -0.15) is 0 Å². The number of fused-ring (bicyclic) bond motifs is 1. The van der Waals surface area contributed by atoms with E-state index in [1.54, 1.807) is 6.20 Å². The van der Waals surface area contributed by atoms with Crippen molar-refractivity contribution in [3.63, 3.8) is 0 Å². The molecule has 5 nitrogen and oxygen atoms in total. The molecular weight excluding hydrogens is 238 g/mol. The predicted octanol–water partition coefficient (Wildman–Crippen LogP) is 0.769. The second-order valence-corrected chi connectivity index (χ2v) is 6.40. The fraction of sp³-hybridized carbons (Fsp3) is 0.364. The van der Waals surface area contributed by atoms with E-state index in [9.17, 15) is 8.42 Å². The lowest BCUT2D eigenvalue weighted by molar-refractivity contribution is 0.586. The van der Waals surface area contributed by atoms with Gasteiger partial charge in [0.2, 0.25) is 0 Å². The van der Waals surface area contributed by atoms with E-state index in [-0.39, 0.29) is 11.8 Å². The summed E-state index contributed by atoms with van der Waals surface area (Å²) in [5.74, 6) is 0.778. The molecular formula is C11H15N3O2S. The SMILES string of the molecule is CS(=O)(=O)CC[C@@H](N)c1ncc2ccccn12. The molecule has 0 aliphatic rings. The minimum Gasteiger partial charge on any atom is -0.321 e. The van der Waals surface area contributed by atoms with E-state index in [0.29, 0.717) is 12.2 Å². The number of rotatable bonds is 4. The van der Waals surface area contributed by atoms with E-state index < -0.39 is 9.84 Å². The van der Waals surface area contributed by atoms with Gasteiger partial charge in [-0.15, -0.1) is 0 Å². The lowest BCUT2D eigenvalue weighted by Crippen LogP contribution is -2.18. The van der Waals surface area contributed by atoms with Gasteiger partial charge in [0.25, 0.3) is 0 Å². The number of nitrogens with zero attached hydrogens (tertiary/aromatic N) is 2. The summed E-state index contributed by atoms with van der Waals surface area (Å²) in [7, 11) is -2.98. The number of hydrogen-bond acceptors (Lipinski definition) is 4. The lowest BCUT2D eigenvalue weighted by atomic mass is 10.2. The molecule has 0 spiro atoms. The minimum absolute atomic E-state index is 0.0793. The Bertz CT molecular complexity index is 618. The molecule has 17 heavy (non-hydrogen) atoms. The Labute approximate surface area is 100 Å². The molecule has 2 rings (SSSR count). The number of nitrogens with two attached hydrogens (primary N) is 1. The van der Waals surface area contributed by atoms with E-state index >= 15 is 0 Å². The van der Waals surface area contributed by atoms with E-state index in [1.807, 2.05) is 28.8 Å². The Kier molecular flexibility index (Phi) is 3.17. The lowest BCUT2D eigenvalue weighted by Gasteiger charge is -2.09. The molecule has 2 aromatic heterocycles. The van der Waals surface area contributed by atoms with E-state index in [2.05, 4.69) is 4.98 Å². The van der Waals surface area contributed by atoms with Crippen LogP contribution in [0.2, 0.25) is 0 Å². The largest absolute Gasteiger partial charge is 0.321 e. The third kappa shape index (κ3) is 2.83. The van der Waals surface area contributed by atoms with Gasteiger partial charge in [0.1, 0.15) is 15.7 Å². The fourth-order valence-electron chi connectivity index (χ4n) is 1.71. The van der Waals surface area contributed by atoms with E-state index in [4.69, 9.17) is 5.73 Å². The van der Waals surface area contributed by atoms with Gasteiger partial charge in [-0.25, -0.2) is 13.4 Å². The summed E-state index contributed by atoms with van der Waals surface area (Å²) in [6, 6.07) is 5.37. The first-order valence-electron chi connectivity index (χ1n) is 5.33. The molecule has 0 fully saturated rings. The zero-order valence-electron chi connectivity index (χ0n) is 9.57. The van der Waals surface area contributed by atoms with Gasteiger partial charge in [0, 0.05) is 12.5 Å². The third-order valence-electron chi connectivity index (χ3n) is 2.60. The molecule has 0 bridgehead atoms. The highest BCUT2D eigenvalue weighted by molar-refractivity contribution is 7.90. The van der Waals surface area contributed by atoms with Crippen LogP contribution in [0, 0.1) is 0 Å². The summed E-state index contributed by atoms with van der Waals surface area (Å²) >= 11 is 0. The van der Waals surface area contributed by atoms with Crippen molar-refractivity contribution in [1.29, 1.82) is 0 Å². The molecule has 0 saturated carbocycles. The molecule has 0 aliphatic carbocycles. The van der Waals surface area contributed by atoms with Crippen LogP contribution in [0.3, 0.4) is 0 Å². The van der Waals surface area contributed by atoms with Crippen molar-refractivity contribution < 1.29 is 8.42 Å². The number of imidazole rings is 1. The Balaban J connectivity index is 2.22. The van der Waals surface area contributed by atoms with Crippen molar-refractivity contribution in [2.75, 3.05) is 12.0 Å². The standard InChI is InChI=1S/C11H15N3O2S/c1-17(15,16)7-5-10(12)11-13-8-9-4-2-3-6-14(9)11/h2-4,6,8,10H,5,7,12H2,1H3/t10-/m1/s1. The normalized spacial score (nSPS) is 14.0. The summed E-state index contributed by atoms with van der Waals surface area (Å²) in [5, 5.41) is 0. The molecule has 0 aliphatic heterocycles. The van der Waals surface area contributed by atoms with Gasteiger partial charge >= 0.3 is 0 Å². The summed E-state index contributed by atoms with van der Waals surface area (Å²) in [4.78, 5) is 4.24. The Morgan fingerprint density at radius 3 is 2.94 bits per heavy atom. The second kappa shape index (κ2) is 4.46. The first-order valence-corrected chi connectivity index (χ1v) is 7.39. The van der Waals surface area contributed by atoms with Crippen LogP contribution in [0.5, 0.6) is 0 Å². The van der Waals surface area contributed by atoms with Crippen molar-refractivity contribution in [1.82, 2.24) is 9.38 Å². The van der Waals surface area contributed by atoms with Crippen LogP contribution < -0.4 is 5.73 Å². The molecule has 2 N–H and O–H groups in total. The molecule has 6 heteroatoms. The predicted molar refractivity (Wildman–Crippen MR) is 66.4 cm³/mol. The molecule has 0 aromatic carbocycles. The minimum atomic E-state index is -2.98. The third-order valence-corrected chi connectivity index (χ3v) is 3.58. The van der Waals surface area contributed by atoms with Crippen molar-refractivity contribution in [3.05, 3.63) is 36.4 Å². The zero-order valence-corrected chi connectivity index (χ0v) is 10.4. The van der Waals surface area contributed by atoms with Crippen LogP contribution in [0.15, 0.2) is 30.6 Å². The molecule has 0 amide bonds. The van der Waals surface area contributed by atoms with Gasteiger partial charge in [-0.05, 0) is 18.6 Å². The van der Waals surface area contributed by atoms with Crippen molar-refractivity contribution in [3.8, 4) is 0 Å². The first-order chi connectivity index (χ1) is 7.97. The van der Waals surface area contributed by atoms with Crippen LogP contribution >= 0.6 is 0 Å². The number of sulfone groups is 1. The highest BCUT2D eigenvalue weighted by Gasteiger charge is 2.14. The second-order valence-electron chi connectivity index (χ2n) is 4.14. The van der Waals surface area contributed by atoms with Gasteiger partial charge < -0.3 is 10.1 Å². The average molecular weight is 253 g/mol. The molecule has 0 saturated heterocycles. The molecule has 0 unspecified atom stereocenters. The van der Waals surface area contributed by atoms with Gasteiger partial charge in [0.15, 0.2) is 0 Å². The van der Waals surface area contributed by atoms with E-state index in [0.717, 1.165) is 5.52 Å². The van der Waals surface area contributed by atoms with Crippen molar-refractivity contribution in [2.45, 2.75) is 12.5 Å². The molecule has 92 valence electrons. The van der Waals surface area contributed by atoms with Gasteiger partial charge in [0.05, 0.1) is 23.5 Å². The molecule has 2 heterocycles. The number of pyridine rings is 1. The smallest absolute Gasteiger partial charge is 0.147 e. The summed E-state index contributed by atoms with van der Waals surface area (Å²) in [6.45, 7) is 0. The Hall–Kier alpha value is -1.40. The zero-order chi connectivity index (χ0) is 12.5. The summed E-state index contributed by atoms with van der Waals surface area (Å²) < 4.78 is 24.1. The monoisotopic (exact) mass is 253 g/mol. The highest BCUT2D eigenvalue weighted by Crippen LogP contribution is 2.15. The van der Waals surface area contributed by atoms with E-state index in [1.165, 1.54) is 6.26 Å². The highest BCUT2D eigenvalue weighted by atomic mass is 32.2. The van der Waals surface area contributed by atoms with Gasteiger partial charge in [-0.1, -0.05) is 6.07 Å². The topological polar surface area (TPSA) is 77.5 Å². The van der Waals surface area contributed by atoms with Crippen LogP contribution in [-0.2, 0) is 9.84 Å². The van der Waals surface area contributed by atoms with Crippen molar-refractivity contribution in [2.24, 2.45) is 5.73 Å². The first kappa shape index (κ1) is 12.1.